The molecule has 228 valence electrons. The van der Waals surface area contributed by atoms with E-state index in [1.165, 1.54) is 45.7 Å². The maximum absolute atomic E-state index is 10.1. The van der Waals surface area contributed by atoms with E-state index in [9.17, 15) is 9.59 Å². The van der Waals surface area contributed by atoms with Crippen LogP contribution in [0.3, 0.4) is 0 Å². The van der Waals surface area contributed by atoms with Gasteiger partial charge in [-0.05, 0) is 47.7 Å². The van der Waals surface area contributed by atoms with Gasteiger partial charge in [0, 0.05) is 0 Å². The molecular weight excluding hydrogens is 681 g/mol. The van der Waals surface area contributed by atoms with Crippen LogP contribution in [0.1, 0.15) is 13.8 Å². The van der Waals surface area contributed by atoms with Gasteiger partial charge >= 0.3 is 49.9 Å². The molecule has 0 bridgehead atoms. The summed E-state index contributed by atoms with van der Waals surface area (Å²) in [4.78, 5) is 20.1. The molecule has 0 spiro atoms. The van der Waals surface area contributed by atoms with Crippen molar-refractivity contribution in [2.45, 2.75) is 13.8 Å². The molecule has 6 aromatic rings. The van der Waals surface area contributed by atoms with Crippen LogP contribution in [-0.4, -0.2) is 8.51 Å². The number of carbonyl (C=O) groups is 2. The fourth-order valence-corrected chi connectivity index (χ4v) is 9.89. The molecule has 6 rings (SSSR count). The van der Waals surface area contributed by atoms with E-state index in [0.717, 1.165) is 0 Å². The van der Waals surface area contributed by atoms with Gasteiger partial charge in [0.25, 0.3) is 0 Å². The number of carbonyl (C=O) groups excluding carboxylic acids is 2. The molecule has 0 N–H and O–H groups in total. The van der Waals surface area contributed by atoms with Crippen LogP contribution in [0.4, 0.5) is 0 Å². The first-order valence-electron chi connectivity index (χ1n) is 14.5. The Morgan fingerprint density at radius 3 is 0.600 bits per heavy atom. The van der Waals surface area contributed by atoms with Crippen LogP contribution in [0, 0.1) is 0 Å². The van der Waals surface area contributed by atoms with Crippen molar-refractivity contribution in [2.24, 2.45) is 0 Å². The Bertz CT molecular complexity index is 1380. The molecule has 0 aromatic heterocycles. The van der Waals surface area contributed by atoms with E-state index in [1.54, 1.807) is 0 Å². The maximum atomic E-state index is 10.1. The first-order valence-corrected chi connectivity index (χ1v) is 18.8. The van der Waals surface area contributed by atoms with Crippen LogP contribution >= 0.6 is 15.8 Å². The average molecular weight is 717 g/mol. The Balaban J connectivity index is 0.000000170. The molecular formula is C40H36O2P2Pd. The van der Waals surface area contributed by atoms with Crippen LogP contribution in [0.5, 0.6) is 0 Å². The van der Waals surface area contributed by atoms with Crippen molar-refractivity contribution in [2.75, 3.05) is 0 Å². The fraction of sp³-hybridized carbons (Fsp3) is 0.0500. The number of hydrogen-bond donors (Lipinski definition) is 0. The molecule has 0 aliphatic heterocycles. The second-order valence-corrected chi connectivity index (χ2v) is 16.6. The van der Waals surface area contributed by atoms with E-state index in [0.29, 0.717) is 0 Å². The minimum absolute atomic E-state index is 0.0125. The molecule has 0 heterocycles. The van der Waals surface area contributed by atoms with E-state index in [2.05, 4.69) is 182 Å². The molecule has 0 unspecified atom stereocenters. The van der Waals surface area contributed by atoms with Crippen molar-refractivity contribution in [3.8, 4) is 0 Å². The van der Waals surface area contributed by atoms with E-state index in [1.807, 2.05) is 0 Å². The Hall–Kier alpha value is -3.82. The van der Waals surface area contributed by atoms with Crippen molar-refractivity contribution in [1.82, 2.24) is 0 Å². The molecule has 2 nitrogen and oxygen atoms in total. The quantitative estimate of drug-likeness (QED) is 0.125. The van der Waals surface area contributed by atoms with E-state index in [4.69, 9.17) is 0 Å². The van der Waals surface area contributed by atoms with E-state index < -0.39 is 15.8 Å². The zero-order valence-electron chi connectivity index (χ0n) is 25.3. The van der Waals surface area contributed by atoms with Crippen molar-refractivity contribution >= 4 is 56.2 Å². The molecule has 0 saturated heterocycles. The molecule has 45 heavy (non-hydrogen) atoms. The summed E-state index contributed by atoms with van der Waals surface area (Å²) in [5, 5.41) is 8.39. The molecule has 5 heteroatoms. The van der Waals surface area contributed by atoms with Crippen LogP contribution in [0.25, 0.3) is 0 Å². The summed E-state index contributed by atoms with van der Waals surface area (Å²) in [6.07, 6.45) is 0. The molecule has 0 amide bonds. The smallest absolute Gasteiger partial charge is 0.0134 e. The Kier molecular flexibility index (Phi) is 14.3. The number of hydrogen-bond acceptors (Lipinski definition) is 2. The third-order valence-corrected chi connectivity index (χ3v) is 12.3. The van der Waals surface area contributed by atoms with Crippen molar-refractivity contribution in [1.29, 1.82) is 0 Å². The molecule has 0 aliphatic rings. The van der Waals surface area contributed by atoms with Crippen molar-refractivity contribution < 1.29 is 27.6 Å². The second kappa shape index (κ2) is 18.9. The summed E-state index contributed by atoms with van der Waals surface area (Å²) >= 11 is -0.306. The molecule has 0 atom stereocenters. The van der Waals surface area contributed by atoms with Gasteiger partial charge in [-0.3, -0.25) is 0 Å². The standard InChI is InChI=1S/2C18H15P.2C2H3O.Pd/c2*1-4-10-16(11-5-1)19(17-12-6-2-7-13-17)18-14-8-3-9-15-18;2*1-2-3;/h2*1-15H;2*1H3;. The zero-order chi connectivity index (χ0) is 31.7. The average Bonchev–Trinajstić information content (AvgIpc) is 3.08. The van der Waals surface area contributed by atoms with Gasteiger partial charge in [-0.15, -0.1) is 0 Å². The first kappa shape index (κ1) is 34.1. The monoisotopic (exact) mass is 716 g/mol. The second-order valence-electron chi connectivity index (χ2n) is 9.62. The molecule has 0 aliphatic carbocycles. The predicted octanol–water partition coefficient (Wildman–Crippen LogP) is 7.05. The van der Waals surface area contributed by atoms with Gasteiger partial charge in [-0.2, -0.15) is 0 Å². The van der Waals surface area contributed by atoms with Crippen LogP contribution in [0.2, 0.25) is 0 Å². The van der Waals surface area contributed by atoms with Crippen molar-refractivity contribution in [3.05, 3.63) is 182 Å². The van der Waals surface area contributed by atoms with Gasteiger partial charge in [-0.25, -0.2) is 0 Å². The van der Waals surface area contributed by atoms with Crippen LogP contribution < -0.4 is 31.8 Å². The molecule has 0 radical (unpaired) electrons. The van der Waals surface area contributed by atoms with Gasteiger partial charge in [0.1, 0.15) is 0 Å². The summed E-state index contributed by atoms with van der Waals surface area (Å²) in [5.41, 5.74) is 0. The summed E-state index contributed by atoms with van der Waals surface area (Å²) in [7, 11) is -0.892. The summed E-state index contributed by atoms with van der Waals surface area (Å²) in [6.45, 7) is 2.85. The summed E-state index contributed by atoms with van der Waals surface area (Å²) in [6, 6.07) is 64.7. The normalized spacial score (nSPS) is 10.3. The molecule has 0 saturated carbocycles. The Labute approximate surface area is 278 Å². The predicted molar refractivity (Wildman–Crippen MR) is 192 cm³/mol. The minimum Gasteiger partial charge on any atom is -0.0622 e. The maximum Gasteiger partial charge on any atom is -0.0134 e. The Morgan fingerprint density at radius 2 is 0.489 bits per heavy atom. The van der Waals surface area contributed by atoms with Gasteiger partial charge in [0.2, 0.25) is 0 Å². The third-order valence-electron chi connectivity index (χ3n) is 6.31. The van der Waals surface area contributed by atoms with E-state index in [-0.39, 0.29) is 26.5 Å². The number of benzene rings is 6. The Morgan fingerprint density at radius 1 is 0.333 bits per heavy atom. The summed E-state index contributed by atoms with van der Waals surface area (Å²) in [5.74, 6) is 0. The van der Waals surface area contributed by atoms with Crippen LogP contribution in [0.15, 0.2) is 182 Å². The van der Waals surface area contributed by atoms with Gasteiger partial charge in [0.15, 0.2) is 0 Å². The van der Waals surface area contributed by atoms with Gasteiger partial charge < -0.3 is 0 Å². The SMILES string of the molecule is C[C](=O)[Pd][C](C)=O.c1ccc(P(c2ccccc2)c2ccccc2)cc1.c1ccc(P(c2ccccc2)c2ccccc2)cc1. The molecule has 6 aromatic carbocycles. The van der Waals surface area contributed by atoms with Crippen molar-refractivity contribution in [3.63, 3.8) is 0 Å². The summed E-state index contributed by atoms with van der Waals surface area (Å²) < 4.78 is -0.0250. The van der Waals surface area contributed by atoms with Gasteiger partial charge in [-0.1, -0.05) is 182 Å². The molecule has 0 fully saturated rings. The van der Waals surface area contributed by atoms with E-state index >= 15 is 0 Å². The minimum atomic E-state index is -0.446. The first-order chi connectivity index (χ1) is 22.0. The van der Waals surface area contributed by atoms with Gasteiger partial charge in [0.05, 0.1) is 0 Å². The number of rotatable bonds is 8. The fourth-order valence-electron chi connectivity index (χ4n) is 4.51. The third kappa shape index (κ3) is 11.2. The van der Waals surface area contributed by atoms with Crippen LogP contribution in [-0.2, 0) is 27.6 Å². The zero-order valence-corrected chi connectivity index (χ0v) is 28.7. The topological polar surface area (TPSA) is 34.1 Å². The largest absolute Gasteiger partial charge is 0.0622 e.